The number of rotatable bonds is 6. The number of unbranched alkanes of at least 4 members (excludes halogenated alkanes) is 1. The summed E-state index contributed by atoms with van der Waals surface area (Å²) in [4.78, 5) is 27.4. The Balaban J connectivity index is 1.88. The lowest BCUT2D eigenvalue weighted by Crippen LogP contribution is -2.46. The summed E-state index contributed by atoms with van der Waals surface area (Å²) in [5.74, 6) is 0.0175. The Morgan fingerprint density at radius 2 is 2.00 bits per heavy atom. The molecule has 1 aliphatic rings. The summed E-state index contributed by atoms with van der Waals surface area (Å²) >= 11 is 0. The maximum Gasteiger partial charge on any atom is 0.276 e. The molecule has 3 atom stereocenters. The fraction of sp³-hybridized carbons (Fsp3) is 0.522. The summed E-state index contributed by atoms with van der Waals surface area (Å²) in [5, 5.41) is 7.52. The van der Waals surface area contributed by atoms with Crippen LogP contribution in [0.5, 0.6) is 0 Å². The maximum atomic E-state index is 12.7. The fourth-order valence-electron chi connectivity index (χ4n) is 4.92. The van der Waals surface area contributed by atoms with Crippen molar-refractivity contribution in [1.29, 1.82) is 0 Å². The number of likely N-dealkylation sites (tertiary alicyclic amines) is 1. The molecule has 4 rings (SSSR count). The predicted octanol–water partition coefficient (Wildman–Crippen LogP) is 3.85. The van der Waals surface area contributed by atoms with Gasteiger partial charge in [-0.1, -0.05) is 38.3 Å². The Bertz CT molecular complexity index is 1100. The van der Waals surface area contributed by atoms with Gasteiger partial charge in [0.05, 0.1) is 17.2 Å². The van der Waals surface area contributed by atoms with E-state index in [4.69, 9.17) is 10.7 Å². The summed E-state index contributed by atoms with van der Waals surface area (Å²) in [5.41, 5.74) is 8.62. The molecule has 0 amide bonds. The van der Waals surface area contributed by atoms with E-state index in [0.717, 1.165) is 35.9 Å². The van der Waals surface area contributed by atoms with Crippen LogP contribution in [0.25, 0.3) is 22.4 Å². The largest absolute Gasteiger partial charge is 0.366 e. The first-order chi connectivity index (χ1) is 15.0. The SMILES string of the molecule is CCCCC(c1cccc2[nH]c(=O)c(-c3cnnc(N)n3)nc12)N1C(C)CCCC1C. The lowest BCUT2D eigenvalue weighted by molar-refractivity contribution is 0.0495. The van der Waals surface area contributed by atoms with Crippen molar-refractivity contribution in [2.75, 3.05) is 5.73 Å². The van der Waals surface area contributed by atoms with Crippen molar-refractivity contribution in [3.05, 3.63) is 40.3 Å². The molecule has 0 saturated carbocycles. The molecule has 164 valence electrons. The molecule has 0 aliphatic carbocycles. The van der Waals surface area contributed by atoms with Gasteiger partial charge in [-0.25, -0.2) is 9.97 Å². The normalized spacial score (nSPS) is 20.7. The van der Waals surface area contributed by atoms with Crippen molar-refractivity contribution >= 4 is 17.0 Å². The molecule has 0 radical (unpaired) electrons. The number of hydrogen-bond acceptors (Lipinski definition) is 7. The van der Waals surface area contributed by atoms with E-state index >= 15 is 0 Å². The second kappa shape index (κ2) is 9.09. The molecule has 1 fully saturated rings. The fourth-order valence-corrected chi connectivity index (χ4v) is 4.92. The molecule has 1 aromatic carbocycles. The van der Waals surface area contributed by atoms with Crippen molar-refractivity contribution in [3.8, 4) is 11.4 Å². The number of fused-ring (bicyclic) bond motifs is 1. The van der Waals surface area contributed by atoms with Crippen LogP contribution in [0.15, 0.2) is 29.2 Å². The van der Waals surface area contributed by atoms with Gasteiger partial charge in [0.2, 0.25) is 5.95 Å². The van der Waals surface area contributed by atoms with Gasteiger partial charge in [-0.2, -0.15) is 5.10 Å². The maximum absolute atomic E-state index is 12.7. The van der Waals surface area contributed by atoms with Crippen molar-refractivity contribution in [2.45, 2.75) is 77.4 Å². The Kier molecular flexibility index (Phi) is 6.27. The number of nitrogens with one attached hydrogen (secondary N) is 1. The van der Waals surface area contributed by atoms with Crippen molar-refractivity contribution < 1.29 is 0 Å². The molecular weight excluding hydrogens is 390 g/mol. The van der Waals surface area contributed by atoms with Crippen molar-refractivity contribution in [3.63, 3.8) is 0 Å². The number of aromatic nitrogens is 5. The van der Waals surface area contributed by atoms with Crippen LogP contribution in [-0.2, 0) is 0 Å². The van der Waals surface area contributed by atoms with Crippen LogP contribution in [0, 0.1) is 0 Å². The number of benzene rings is 1. The Morgan fingerprint density at radius 1 is 1.23 bits per heavy atom. The predicted molar refractivity (Wildman–Crippen MR) is 122 cm³/mol. The first-order valence-electron chi connectivity index (χ1n) is 11.3. The molecule has 8 heteroatoms. The third kappa shape index (κ3) is 4.30. The Morgan fingerprint density at radius 3 is 2.71 bits per heavy atom. The monoisotopic (exact) mass is 421 g/mol. The van der Waals surface area contributed by atoms with E-state index in [1.54, 1.807) is 0 Å². The molecule has 3 heterocycles. The number of hydrogen-bond donors (Lipinski definition) is 2. The highest BCUT2D eigenvalue weighted by Gasteiger charge is 2.32. The van der Waals surface area contributed by atoms with Gasteiger partial charge >= 0.3 is 0 Å². The minimum atomic E-state index is -0.311. The average Bonchev–Trinajstić information content (AvgIpc) is 2.75. The molecule has 31 heavy (non-hydrogen) atoms. The summed E-state index contributed by atoms with van der Waals surface area (Å²) in [6.45, 7) is 6.88. The molecule has 8 nitrogen and oxygen atoms in total. The zero-order chi connectivity index (χ0) is 22.0. The van der Waals surface area contributed by atoms with Crippen LogP contribution in [-0.4, -0.2) is 42.1 Å². The van der Waals surface area contributed by atoms with E-state index in [1.165, 1.54) is 25.5 Å². The molecule has 1 aliphatic heterocycles. The van der Waals surface area contributed by atoms with Crippen molar-refractivity contribution in [1.82, 2.24) is 30.0 Å². The summed E-state index contributed by atoms with van der Waals surface area (Å²) < 4.78 is 0. The van der Waals surface area contributed by atoms with Crippen LogP contribution >= 0.6 is 0 Å². The van der Waals surface area contributed by atoms with Crippen LogP contribution in [0.1, 0.15) is 70.9 Å². The number of aromatic amines is 1. The van der Waals surface area contributed by atoms with E-state index < -0.39 is 0 Å². The second-order valence-electron chi connectivity index (χ2n) is 8.59. The summed E-state index contributed by atoms with van der Waals surface area (Å²) in [6, 6.07) is 7.33. The Labute approximate surface area is 182 Å². The lowest BCUT2D eigenvalue weighted by Gasteiger charge is -2.44. The quantitative estimate of drug-likeness (QED) is 0.621. The van der Waals surface area contributed by atoms with E-state index in [-0.39, 0.29) is 23.2 Å². The third-order valence-electron chi connectivity index (χ3n) is 6.38. The molecule has 0 bridgehead atoms. The summed E-state index contributed by atoms with van der Waals surface area (Å²) in [7, 11) is 0. The van der Waals surface area contributed by atoms with Gasteiger partial charge in [-0.15, -0.1) is 5.10 Å². The number of piperidine rings is 1. The number of para-hydroxylation sites is 1. The van der Waals surface area contributed by atoms with Gasteiger partial charge in [0.15, 0.2) is 5.69 Å². The topological polar surface area (TPSA) is 114 Å². The van der Waals surface area contributed by atoms with Gasteiger partial charge in [-0.05, 0) is 44.7 Å². The number of nitrogens with two attached hydrogens (primary N) is 1. The number of nitrogens with zero attached hydrogens (tertiary/aromatic N) is 5. The highest BCUT2D eigenvalue weighted by molar-refractivity contribution is 5.80. The molecule has 2 aromatic heterocycles. The minimum Gasteiger partial charge on any atom is -0.366 e. The summed E-state index contributed by atoms with van der Waals surface area (Å²) in [6.07, 6.45) is 8.44. The van der Waals surface area contributed by atoms with Gasteiger partial charge in [0.25, 0.3) is 5.56 Å². The lowest BCUT2D eigenvalue weighted by atomic mass is 9.89. The standard InChI is InChI=1S/C23H31N7O/c1-4-5-12-19(30-14(2)8-6-9-15(30)3)16-10-7-11-17-20(16)28-21(22(31)26-17)18-13-25-29-23(24)27-18/h7,10-11,13-15,19H,4-6,8-9,12H2,1-3H3,(H,26,31)(H2,24,27,29). The van der Waals surface area contributed by atoms with Gasteiger partial charge in [0, 0.05) is 18.1 Å². The van der Waals surface area contributed by atoms with Crippen LogP contribution < -0.4 is 11.3 Å². The van der Waals surface area contributed by atoms with Gasteiger partial charge in [-0.3, -0.25) is 9.69 Å². The highest BCUT2D eigenvalue weighted by atomic mass is 16.1. The Hall–Kier alpha value is -2.87. The number of H-pyrrole nitrogens is 1. The second-order valence-corrected chi connectivity index (χ2v) is 8.59. The van der Waals surface area contributed by atoms with Crippen LogP contribution in [0.4, 0.5) is 5.95 Å². The zero-order valence-electron chi connectivity index (χ0n) is 18.5. The first kappa shape index (κ1) is 21.4. The highest BCUT2D eigenvalue weighted by Crippen LogP contribution is 2.37. The third-order valence-corrected chi connectivity index (χ3v) is 6.38. The molecule has 3 N–H and O–H groups in total. The number of anilines is 1. The molecule has 1 saturated heterocycles. The number of nitrogen functional groups attached to an aromatic ring is 1. The molecule has 0 spiro atoms. The van der Waals surface area contributed by atoms with E-state index in [2.05, 4.69) is 51.9 Å². The minimum absolute atomic E-state index is 0.0175. The average molecular weight is 422 g/mol. The van der Waals surface area contributed by atoms with Crippen molar-refractivity contribution in [2.24, 2.45) is 0 Å². The van der Waals surface area contributed by atoms with E-state index in [0.29, 0.717) is 17.8 Å². The smallest absolute Gasteiger partial charge is 0.276 e. The zero-order valence-corrected chi connectivity index (χ0v) is 18.5. The van der Waals surface area contributed by atoms with E-state index in [9.17, 15) is 4.79 Å². The van der Waals surface area contributed by atoms with Crippen LogP contribution in [0.2, 0.25) is 0 Å². The van der Waals surface area contributed by atoms with Crippen LogP contribution in [0.3, 0.4) is 0 Å². The van der Waals surface area contributed by atoms with Gasteiger partial charge < -0.3 is 10.7 Å². The first-order valence-corrected chi connectivity index (χ1v) is 11.3. The van der Waals surface area contributed by atoms with E-state index in [1.807, 2.05) is 12.1 Å². The van der Waals surface area contributed by atoms with Gasteiger partial charge in [0.1, 0.15) is 5.69 Å². The molecule has 3 aromatic rings. The molecule has 3 unspecified atom stereocenters. The molecular formula is C23H31N7O.